The monoisotopic (exact) mass is 537 g/mol. The van der Waals surface area contributed by atoms with Gasteiger partial charge in [-0.15, -0.1) is 0 Å². The highest BCUT2D eigenvalue weighted by molar-refractivity contribution is 6.99. The molecule has 0 spiro atoms. The Hall–Kier alpha value is -2.87. The van der Waals surface area contributed by atoms with Crippen LogP contribution in [0.25, 0.3) is 0 Å². The average molecular weight is 538 g/mol. The van der Waals surface area contributed by atoms with Crippen molar-refractivity contribution in [1.82, 2.24) is 0 Å². The third-order valence-corrected chi connectivity index (χ3v) is 12.2. The minimum Gasteiger partial charge on any atom is -0.403 e. The molecule has 1 heterocycles. The van der Waals surface area contributed by atoms with E-state index in [2.05, 4.69) is 45.0 Å². The number of carbonyl (C=O) groups is 1. The number of hydrogen-bond acceptors (Lipinski definition) is 4. The van der Waals surface area contributed by atoms with Crippen LogP contribution in [-0.4, -0.2) is 39.9 Å². The molecule has 0 saturated carbocycles. The van der Waals surface area contributed by atoms with Crippen LogP contribution in [0.3, 0.4) is 0 Å². The predicted molar refractivity (Wildman–Crippen MR) is 151 cm³/mol. The van der Waals surface area contributed by atoms with Gasteiger partial charge in [-0.25, -0.2) is 8.78 Å². The molecule has 1 aliphatic heterocycles. The first kappa shape index (κ1) is 28.1. The van der Waals surface area contributed by atoms with Gasteiger partial charge in [-0.3, -0.25) is 0 Å². The third kappa shape index (κ3) is 5.46. The van der Waals surface area contributed by atoms with Crippen molar-refractivity contribution in [1.29, 1.82) is 0 Å². The summed E-state index contributed by atoms with van der Waals surface area (Å²) in [5, 5.41) is 1.93. The number of carbonyl (C=O) groups excluding carboxylic acids is 1. The molecule has 3 aromatic carbocycles. The quantitative estimate of drug-likeness (QED) is 0.285. The van der Waals surface area contributed by atoms with E-state index >= 15 is 8.78 Å². The molecule has 0 aliphatic carbocycles. The van der Waals surface area contributed by atoms with Crippen LogP contribution >= 0.6 is 0 Å². The van der Waals surface area contributed by atoms with E-state index in [0.29, 0.717) is 24.9 Å². The van der Waals surface area contributed by atoms with Crippen LogP contribution in [0.1, 0.15) is 45.7 Å². The van der Waals surface area contributed by atoms with E-state index in [1.165, 1.54) is 0 Å². The predicted octanol–water partition coefficient (Wildman–Crippen LogP) is 5.40. The molecule has 0 aromatic heterocycles. The highest BCUT2D eigenvalue weighted by Gasteiger charge is 2.50. The Balaban J connectivity index is 1.87. The zero-order valence-electron chi connectivity index (χ0n) is 22.8. The fourth-order valence-corrected chi connectivity index (χ4v) is 10.3. The summed E-state index contributed by atoms with van der Waals surface area (Å²) in [6.45, 7) is 11.3. The average Bonchev–Trinajstić information content (AvgIpc) is 2.87. The van der Waals surface area contributed by atoms with Gasteiger partial charge in [-0.1, -0.05) is 81.4 Å². The van der Waals surface area contributed by atoms with Crippen LogP contribution in [0.4, 0.5) is 14.5 Å². The zero-order chi connectivity index (χ0) is 27.5. The lowest BCUT2D eigenvalue weighted by Gasteiger charge is -2.43. The summed E-state index contributed by atoms with van der Waals surface area (Å²) in [4.78, 5) is 13.2. The Bertz CT molecular complexity index is 1200. The van der Waals surface area contributed by atoms with Crippen molar-refractivity contribution >= 4 is 30.7 Å². The molecule has 38 heavy (non-hydrogen) atoms. The number of ether oxygens (including phenoxy) is 1. The second-order valence-electron chi connectivity index (χ2n) is 11.2. The minimum absolute atomic E-state index is 0.0386. The number of nitrogens with zero attached hydrogens (tertiary/aromatic N) is 1. The molecule has 1 fully saturated rings. The van der Waals surface area contributed by atoms with Gasteiger partial charge in [-0.05, 0) is 40.9 Å². The number of rotatable bonds is 8. The van der Waals surface area contributed by atoms with E-state index in [1.54, 1.807) is 6.07 Å². The molecule has 1 saturated heterocycles. The van der Waals surface area contributed by atoms with Gasteiger partial charge in [0.15, 0.2) is 11.6 Å². The molecule has 0 radical (unpaired) electrons. The van der Waals surface area contributed by atoms with E-state index in [0.717, 1.165) is 10.4 Å². The first-order chi connectivity index (χ1) is 18.1. The molecule has 1 aliphatic rings. The van der Waals surface area contributed by atoms with Gasteiger partial charge >= 0.3 is 0 Å². The normalized spacial score (nSPS) is 18.4. The van der Waals surface area contributed by atoms with Crippen LogP contribution in [0, 0.1) is 11.6 Å². The highest BCUT2D eigenvalue weighted by atomic mass is 28.4. The van der Waals surface area contributed by atoms with Gasteiger partial charge in [0.2, 0.25) is 0 Å². The van der Waals surface area contributed by atoms with E-state index in [4.69, 9.17) is 9.16 Å². The van der Waals surface area contributed by atoms with Crippen LogP contribution in [-0.2, 0) is 27.0 Å². The molecule has 0 N–H and O–H groups in total. The zero-order valence-corrected chi connectivity index (χ0v) is 23.8. The number of morpholine rings is 1. The van der Waals surface area contributed by atoms with Crippen molar-refractivity contribution in [3.63, 3.8) is 0 Å². The molecule has 4 rings (SSSR count). The molecule has 4 nitrogen and oxygen atoms in total. The van der Waals surface area contributed by atoms with Crippen LogP contribution in [0.15, 0.2) is 66.7 Å². The van der Waals surface area contributed by atoms with Gasteiger partial charge in [0.05, 0.1) is 24.5 Å². The molecule has 202 valence electrons. The van der Waals surface area contributed by atoms with Gasteiger partial charge in [0, 0.05) is 25.1 Å². The second kappa shape index (κ2) is 11.5. The number of benzene rings is 3. The molecular formula is C31H37F2NO3Si. The maximum Gasteiger partial charge on any atom is 0.261 e. The summed E-state index contributed by atoms with van der Waals surface area (Å²) < 4.78 is 43.8. The standard InChI is InChI=1S/C31H37F2NO3Si/c1-22-19-34(20-23(2)37-22)30-25(18-24(16-17-35)28(32)29(30)33)21-36-38(31(3,4)5,26-12-8-6-9-13-26)27-14-10-7-11-15-27/h6-15,17-18,22-23H,16,19-21H2,1-5H3/t22-,23+. The topological polar surface area (TPSA) is 38.8 Å². The SMILES string of the molecule is C[C@@H]1CN(c2c(CO[Si](c3ccccc3)(c3ccccc3)C(C)(C)C)cc(CC=O)c(F)c2F)C[C@H](C)O1. The third-order valence-electron chi connectivity index (χ3n) is 7.24. The lowest BCUT2D eigenvalue weighted by atomic mass is 10.0. The Morgan fingerprint density at radius 3 is 1.92 bits per heavy atom. The first-order valence-corrected chi connectivity index (χ1v) is 15.1. The number of halogens is 2. The molecule has 7 heteroatoms. The van der Waals surface area contributed by atoms with Gasteiger partial charge < -0.3 is 18.9 Å². The number of aldehydes is 1. The van der Waals surface area contributed by atoms with Crippen molar-refractivity contribution in [2.75, 3.05) is 18.0 Å². The fraction of sp³-hybridized carbons (Fsp3) is 0.387. The Kier molecular flexibility index (Phi) is 8.50. The van der Waals surface area contributed by atoms with E-state index in [1.807, 2.05) is 55.1 Å². The molecule has 3 aromatic rings. The Morgan fingerprint density at radius 2 is 1.45 bits per heavy atom. The minimum atomic E-state index is -2.93. The van der Waals surface area contributed by atoms with Crippen molar-refractivity contribution in [2.24, 2.45) is 0 Å². The summed E-state index contributed by atoms with van der Waals surface area (Å²) in [5.74, 6) is -1.92. The first-order valence-electron chi connectivity index (χ1n) is 13.2. The molecule has 0 bridgehead atoms. The Labute approximate surface area is 225 Å². The maximum absolute atomic E-state index is 15.8. The van der Waals surface area contributed by atoms with Gasteiger partial charge in [-0.2, -0.15) is 0 Å². The van der Waals surface area contributed by atoms with Crippen molar-refractivity contribution in [3.8, 4) is 0 Å². The van der Waals surface area contributed by atoms with E-state index in [-0.39, 0.29) is 41.5 Å². The van der Waals surface area contributed by atoms with Crippen LogP contribution in [0.5, 0.6) is 0 Å². The summed E-state index contributed by atoms with van der Waals surface area (Å²) in [5.41, 5.74) is 0.767. The van der Waals surface area contributed by atoms with Crippen molar-refractivity contribution in [2.45, 2.75) is 64.9 Å². The number of anilines is 1. The van der Waals surface area contributed by atoms with Crippen molar-refractivity contribution in [3.05, 3.63) is 89.5 Å². The fourth-order valence-electron chi connectivity index (χ4n) is 5.73. The highest BCUT2D eigenvalue weighted by Crippen LogP contribution is 2.39. The van der Waals surface area contributed by atoms with Crippen LogP contribution in [0.2, 0.25) is 5.04 Å². The second-order valence-corrected chi connectivity index (χ2v) is 15.5. The van der Waals surface area contributed by atoms with Crippen molar-refractivity contribution < 1.29 is 22.7 Å². The Morgan fingerprint density at radius 1 is 0.921 bits per heavy atom. The van der Waals surface area contributed by atoms with Gasteiger partial charge in [0.1, 0.15) is 6.29 Å². The summed E-state index contributed by atoms with van der Waals surface area (Å²) in [6, 6.07) is 22.0. The lowest BCUT2D eigenvalue weighted by molar-refractivity contribution is -0.107. The molecule has 0 unspecified atom stereocenters. The lowest BCUT2D eigenvalue weighted by Crippen LogP contribution is -2.66. The van der Waals surface area contributed by atoms with E-state index < -0.39 is 20.0 Å². The summed E-state index contributed by atoms with van der Waals surface area (Å²) >= 11 is 0. The molecular weight excluding hydrogens is 500 g/mol. The summed E-state index contributed by atoms with van der Waals surface area (Å²) in [6.07, 6.45) is 0.122. The number of hydrogen-bond donors (Lipinski definition) is 0. The molecule has 2 atom stereocenters. The largest absolute Gasteiger partial charge is 0.403 e. The van der Waals surface area contributed by atoms with E-state index in [9.17, 15) is 4.79 Å². The smallest absolute Gasteiger partial charge is 0.261 e. The maximum atomic E-state index is 15.8. The summed E-state index contributed by atoms with van der Waals surface area (Å²) in [7, 11) is -2.93. The van der Waals surface area contributed by atoms with Gasteiger partial charge in [0.25, 0.3) is 8.32 Å². The molecule has 0 amide bonds. The van der Waals surface area contributed by atoms with Crippen LogP contribution < -0.4 is 15.3 Å².